The molecule has 1 heterocycles. The average molecular weight is 332 g/mol. The van der Waals surface area contributed by atoms with E-state index in [9.17, 15) is 14.4 Å². The Hall–Kier alpha value is -2.37. The zero-order valence-corrected chi connectivity index (χ0v) is 14.1. The highest BCUT2D eigenvalue weighted by atomic mass is 16.5. The quantitative estimate of drug-likeness (QED) is 0.735. The number of carbonyl (C=O) groups is 3. The summed E-state index contributed by atoms with van der Waals surface area (Å²) in [5.41, 5.74) is 0.996. The second-order valence-corrected chi connectivity index (χ2v) is 5.73. The molecule has 24 heavy (non-hydrogen) atoms. The number of nitrogens with zero attached hydrogens (tertiary/aromatic N) is 2. The largest absolute Gasteiger partial charge is 0.466 e. The van der Waals surface area contributed by atoms with E-state index in [1.807, 2.05) is 30.3 Å². The highest BCUT2D eigenvalue weighted by Crippen LogP contribution is 2.09. The predicted octanol–water partition coefficient (Wildman–Crippen LogP) is 1.24. The lowest BCUT2D eigenvalue weighted by atomic mass is 10.1. The van der Waals surface area contributed by atoms with E-state index in [2.05, 4.69) is 0 Å². The molecular formula is C18H24N2O4. The van der Waals surface area contributed by atoms with Crippen LogP contribution in [0.1, 0.15) is 25.3 Å². The maximum atomic E-state index is 12.3. The van der Waals surface area contributed by atoms with Gasteiger partial charge in [-0.3, -0.25) is 14.4 Å². The number of ether oxygens (including phenoxy) is 1. The van der Waals surface area contributed by atoms with E-state index in [1.165, 1.54) is 0 Å². The molecule has 1 aliphatic heterocycles. The Balaban J connectivity index is 1.73. The Morgan fingerprint density at radius 2 is 1.50 bits per heavy atom. The molecular weight excluding hydrogens is 308 g/mol. The topological polar surface area (TPSA) is 66.9 Å². The van der Waals surface area contributed by atoms with Gasteiger partial charge in [0.2, 0.25) is 11.8 Å². The molecule has 1 saturated heterocycles. The molecule has 0 unspecified atom stereocenters. The molecule has 1 fully saturated rings. The molecule has 2 amide bonds. The number of carbonyl (C=O) groups excluding carboxylic acids is 3. The number of hydrogen-bond donors (Lipinski definition) is 0. The lowest BCUT2D eigenvalue weighted by Gasteiger charge is -2.35. The average Bonchev–Trinajstić information content (AvgIpc) is 2.61. The zero-order chi connectivity index (χ0) is 17.4. The minimum atomic E-state index is -0.345. The molecule has 6 heteroatoms. The molecule has 0 aromatic heterocycles. The molecule has 2 rings (SSSR count). The normalized spacial score (nSPS) is 14.4. The van der Waals surface area contributed by atoms with E-state index < -0.39 is 0 Å². The zero-order valence-electron chi connectivity index (χ0n) is 14.1. The Morgan fingerprint density at radius 1 is 0.917 bits per heavy atom. The van der Waals surface area contributed by atoms with Crippen molar-refractivity contribution in [2.45, 2.75) is 26.2 Å². The molecule has 1 aliphatic rings. The number of benzene rings is 1. The summed E-state index contributed by atoms with van der Waals surface area (Å²) in [6.45, 7) is 4.18. The van der Waals surface area contributed by atoms with Gasteiger partial charge in [-0.25, -0.2) is 0 Å². The van der Waals surface area contributed by atoms with E-state index in [0.717, 1.165) is 5.56 Å². The van der Waals surface area contributed by atoms with Crippen molar-refractivity contribution >= 4 is 17.8 Å². The summed E-state index contributed by atoms with van der Waals surface area (Å²) in [5, 5.41) is 0. The van der Waals surface area contributed by atoms with Crippen molar-refractivity contribution in [2.24, 2.45) is 0 Å². The summed E-state index contributed by atoms with van der Waals surface area (Å²) in [6, 6.07) is 9.64. The smallest absolute Gasteiger partial charge is 0.306 e. The van der Waals surface area contributed by atoms with Crippen LogP contribution in [0.3, 0.4) is 0 Å². The standard InChI is InChI=1S/C18H24N2O4/c1-2-24-18(23)9-8-16(21)19-10-12-20(13-11-19)17(22)14-15-6-4-3-5-7-15/h3-7H,2,8-14H2,1H3. The van der Waals surface area contributed by atoms with Gasteiger partial charge in [-0.1, -0.05) is 30.3 Å². The van der Waals surface area contributed by atoms with Gasteiger partial charge in [0.05, 0.1) is 19.4 Å². The summed E-state index contributed by atoms with van der Waals surface area (Å²) < 4.78 is 4.82. The molecule has 0 bridgehead atoms. The third-order valence-corrected chi connectivity index (χ3v) is 4.03. The minimum Gasteiger partial charge on any atom is -0.466 e. The third-order valence-electron chi connectivity index (χ3n) is 4.03. The Morgan fingerprint density at radius 3 is 2.08 bits per heavy atom. The number of piperazine rings is 1. The van der Waals surface area contributed by atoms with Crippen LogP contribution < -0.4 is 0 Å². The van der Waals surface area contributed by atoms with E-state index in [1.54, 1.807) is 16.7 Å². The van der Waals surface area contributed by atoms with Gasteiger partial charge in [0.15, 0.2) is 0 Å². The number of esters is 1. The van der Waals surface area contributed by atoms with Crippen LogP contribution in [-0.4, -0.2) is 60.4 Å². The van der Waals surface area contributed by atoms with Gasteiger partial charge in [-0.15, -0.1) is 0 Å². The molecule has 0 spiro atoms. The van der Waals surface area contributed by atoms with Crippen LogP contribution in [0.15, 0.2) is 30.3 Å². The first kappa shape index (κ1) is 18.0. The lowest BCUT2D eigenvalue weighted by Crippen LogP contribution is -2.51. The number of rotatable bonds is 6. The lowest BCUT2D eigenvalue weighted by molar-refractivity contribution is -0.146. The Kier molecular flexibility index (Phi) is 6.78. The van der Waals surface area contributed by atoms with Crippen LogP contribution in [0.4, 0.5) is 0 Å². The fraction of sp³-hybridized carbons (Fsp3) is 0.500. The Labute approximate surface area is 142 Å². The Bertz CT molecular complexity index is 566. The summed E-state index contributed by atoms with van der Waals surface area (Å²) in [6.07, 6.45) is 0.661. The summed E-state index contributed by atoms with van der Waals surface area (Å²) >= 11 is 0. The fourth-order valence-electron chi connectivity index (χ4n) is 2.69. The monoisotopic (exact) mass is 332 g/mol. The molecule has 6 nitrogen and oxygen atoms in total. The van der Waals surface area contributed by atoms with E-state index in [4.69, 9.17) is 4.74 Å². The van der Waals surface area contributed by atoms with Gasteiger partial charge in [0.25, 0.3) is 0 Å². The fourth-order valence-corrected chi connectivity index (χ4v) is 2.69. The number of amides is 2. The van der Waals surface area contributed by atoms with Crippen molar-refractivity contribution in [1.29, 1.82) is 0 Å². The summed E-state index contributed by atoms with van der Waals surface area (Å²) in [5.74, 6) is -0.319. The molecule has 1 aromatic rings. The third kappa shape index (κ3) is 5.37. The van der Waals surface area contributed by atoms with Gasteiger partial charge < -0.3 is 14.5 Å². The maximum Gasteiger partial charge on any atom is 0.306 e. The second-order valence-electron chi connectivity index (χ2n) is 5.73. The van der Waals surface area contributed by atoms with E-state index >= 15 is 0 Å². The van der Waals surface area contributed by atoms with Crippen LogP contribution in [0.2, 0.25) is 0 Å². The van der Waals surface area contributed by atoms with Gasteiger partial charge in [-0.05, 0) is 12.5 Å². The van der Waals surface area contributed by atoms with Crippen LogP contribution in [-0.2, 0) is 25.5 Å². The van der Waals surface area contributed by atoms with Crippen molar-refractivity contribution in [3.05, 3.63) is 35.9 Å². The molecule has 0 atom stereocenters. The highest BCUT2D eigenvalue weighted by Gasteiger charge is 2.24. The molecule has 0 radical (unpaired) electrons. The molecule has 0 saturated carbocycles. The first-order chi connectivity index (χ1) is 11.6. The summed E-state index contributed by atoms with van der Waals surface area (Å²) in [7, 11) is 0. The molecule has 130 valence electrons. The molecule has 1 aromatic carbocycles. The van der Waals surface area contributed by atoms with Crippen molar-refractivity contribution < 1.29 is 19.1 Å². The second kappa shape index (κ2) is 9.05. The van der Waals surface area contributed by atoms with Crippen LogP contribution in [0, 0.1) is 0 Å². The van der Waals surface area contributed by atoms with Crippen molar-refractivity contribution in [3.8, 4) is 0 Å². The SMILES string of the molecule is CCOC(=O)CCC(=O)N1CCN(C(=O)Cc2ccccc2)CC1. The van der Waals surface area contributed by atoms with Gasteiger partial charge >= 0.3 is 5.97 Å². The van der Waals surface area contributed by atoms with Gasteiger partial charge in [-0.2, -0.15) is 0 Å². The van der Waals surface area contributed by atoms with Crippen LogP contribution >= 0.6 is 0 Å². The van der Waals surface area contributed by atoms with E-state index in [0.29, 0.717) is 39.2 Å². The molecule has 0 aliphatic carbocycles. The van der Waals surface area contributed by atoms with Crippen molar-refractivity contribution in [2.75, 3.05) is 32.8 Å². The predicted molar refractivity (Wildman–Crippen MR) is 89.2 cm³/mol. The number of hydrogen-bond acceptors (Lipinski definition) is 4. The van der Waals surface area contributed by atoms with Crippen LogP contribution in [0.5, 0.6) is 0 Å². The minimum absolute atomic E-state index is 0.0572. The van der Waals surface area contributed by atoms with Gasteiger partial charge in [0, 0.05) is 32.6 Å². The van der Waals surface area contributed by atoms with Crippen molar-refractivity contribution in [1.82, 2.24) is 9.80 Å². The van der Waals surface area contributed by atoms with Gasteiger partial charge in [0.1, 0.15) is 0 Å². The van der Waals surface area contributed by atoms with Crippen LogP contribution in [0.25, 0.3) is 0 Å². The maximum absolute atomic E-state index is 12.3. The molecule has 0 N–H and O–H groups in total. The first-order valence-electron chi connectivity index (χ1n) is 8.35. The summed E-state index contributed by atoms with van der Waals surface area (Å²) in [4.78, 5) is 39.2. The highest BCUT2D eigenvalue weighted by molar-refractivity contribution is 5.82. The first-order valence-corrected chi connectivity index (χ1v) is 8.35. The van der Waals surface area contributed by atoms with Crippen molar-refractivity contribution in [3.63, 3.8) is 0 Å². The van der Waals surface area contributed by atoms with E-state index in [-0.39, 0.29) is 30.6 Å².